The largest absolute Gasteiger partial charge is 0.395 e. The second kappa shape index (κ2) is 5.61. The van der Waals surface area contributed by atoms with Crippen LogP contribution in [-0.2, 0) is 0 Å². The third kappa shape index (κ3) is 3.03. The molecular formula is C12H16FNO2. The van der Waals surface area contributed by atoms with Gasteiger partial charge in [-0.3, -0.25) is 4.79 Å². The lowest BCUT2D eigenvalue weighted by molar-refractivity contribution is 0.0665. The van der Waals surface area contributed by atoms with Crippen molar-refractivity contribution in [3.8, 4) is 0 Å². The molecule has 1 rings (SSSR count). The molecule has 88 valence electrons. The van der Waals surface area contributed by atoms with Gasteiger partial charge < -0.3 is 10.0 Å². The number of rotatable bonds is 4. The van der Waals surface area contributed by atoms with E-state index in [1.165, 1.54) is 23.1 Å². The van der Waals surface area contributed by atoms with Crippen LogP contribution in [0.4, 0.5) is 4.39 Å². The minimum absolute atomic E-state index is 0.0251. The number of amides is 1. The molecule has 0 saturated carbocycles. The van der Waals surface area contributed by atoms with E-state index in [-0.39, 0.29) is 25.1 Å². The zero-order valence-electron chi connectivity index (χ0n) is 9.48. The van der Waals surface area contributed by atoms with Gasteiger partial charge in [0.15, 0.2) is 0 Å². The molecule has 0 saturated heterocycles. The summed E-state index contributed by atoms with van der Waals surface area (Å²) < 4.78 is 13.0. The summed E-state index contributed by atoms with van der Waals surface area (Å²) >= 11 is 0. The first-order valence-corrected chi connectivity index (χ1v) is 5.23. The number of hydrogen-bond acceptors (Lipinski definition) is 2. The summed E-state index contributed by atoms with van der Waals surface area (Å²) in [6, 6.07) is 5.54. The van der Waals surface area contributed by atoms with Gasteiger partial charge in [-0.05, 0) is 32.0 Å². The van der Waals surface area contributed by atoms with E-state index in [2.05, 4.69) is 0 Å². The Labute approximate surface area is 94.5 Å². The maximum Gasteiger partial charge on any atom is 0.254 e. The summed E-state index contributed by atoms with van der Waals surface area (Å²) in [6.45, 7) is 3.87. The van der Waals surface area contributed by atoms with Crippen LogP contribution in [0, 0.1) is 5.82 Å². The quantitative estimate of drug-likeness (QED) is 0.846. The molecule has 0 fully saturated rings. The van der Waals surface area contributed by atoms with Crippen LogP contribution >= 0.6 is 0 Å². The Bertz CT molecular complexity index is 366. The lowest BCUT2D eigenvalue weighted by Crippen LogP contribution is -2.39. The van der Waals surface area contributed by atoms with E-state index < -0.39 is 5.82 Å². The first-order chi connectivity index (χ1) is 7.56. The third-order valence-corrected chi connectivity index (χ3v) is 2.30. The molecule has 3 nitrogen and oxygen atoms in total. The van der Waals surface area contributed by atoms with Gasteiger partial charge in [0, 0.05) is 18.2 Å². The van der Waals surface area contributed by atoms with Gasteiger partial charge in [0.2, 0.25) is 0 Å². The third-order valence-electron chi connectivity index (χ3n) is 2.30. The number of nitrogens with zero attached hydrogens (tertiary/aromatic N) is 1. The van der Waals surface area contributed by atoms with Crippen LogP contribution in [0.1, 0.15) is 24.2 Å². The average molecular weight is 225 g/mol. The van der Waals surface area contributed by atoms with E-state index in [0.29, 0.717) is 5.56 Å². The fraction of sp³-hybridized carbons (Fsp3) is 0.417. The van der Waals surface area contributed by atoms with Gasteiger partial charge in [-0.15, -0.1) is 0 Å². The first-order valence-electron chi connectivity index (χ1n) is 5.23. The van der Waals surface area contributed by atoms with Gasteiger partial charge >= 0.3 is 0 Å². The Kier molecular flexibility index (Phi) is 4.43. The molecule has 1 aromatic carbocycles. The number of aliphatic hydroxyl groups is 1. The van der Waals surface area contributed by atoms with E-state index >= 15 is 0 Å². The van der Waals surface area contributed by atoms with Crippen molar-refractivity contribution in [1.29, 1.82) is 0 Å². The normalized spacial score (nSPS) is 10.6. The molecule has 1 N–H and O–H groups in total. The minimum atomic E-state index is -0.432. The van der Waals surface area contributed by atoms with Crippen molar-refractivity contribution in [2.24, 2.45) is 0 Å². The Morgan fingerprint density at radius 3 is 2.69 bits per heavy atom. The zero-order valence-corrected chi connectivity index (χ0v) is 9.48. The molecule has 0 heterocycles. The van der Waals surface area contributed by atoms with Crippen LogP contribution in [-0.4, -0.2) is 35.1 Å². The molecule has 0 radical (unpaired) electrons. The van der Waals surface area contributed by atoms with Crippen molar-refractivity contribution >= 4 is 5.91 Å². The lowest BCUT2D eigenvalue weighted by atomic mass is 10.1. The summed E-state index contributed by atoms with van der Waals surface area (Å²) in [5.74, 6) is -0.692. The highest BCUT2D eigenvalue weighted by atomic mass is 19.1. The molecule has 0 aliphatic rings. The molecule has 0 aromatic heterocycles. The fourth-order valence-corrected chi connectivity index (χ4v) is 1.49. The Morgan fingerprint density at radius 2 is 2.19 bits per heavy atom. The van der Waals surface area contributed by atoms with Crippen LogP contribution in [0.25, 0.3) is 0 Å². The van der Waals surface area contributed by atoms with E-state index in [1.807, 2.05) is 13.8 Å². The molecule has 1 aromatic rings. The van der Waals surface area contributed by atoms with Crippen molar-refractivity contribution in [3.63, 3.8) is 0 Å². The SMILES string of the molecule is CC(C)N(CCO)C(=O)c1cccc(F)c1. The van der Waals surface area contributed by atoms with E-state index in [1.54, 1.807) is 6.07 Å². The first kappa shape index (κ1) is 12.6. The van der Waals surface area contributed by atoms with Gasteiger partial charge in [0.05, 0.1) is 6.61 Å². The number of benzene rings is 1. The maximum absolute atomic E-state index is 13.0. The minimum Gasteiger partial charge on any atom is -0.395 e. The van der Waals surface area contributed by atoms with Crippen molar-refractivity contribution < 1.29 is 14.3 Å². The highest BCUT2D eigenvalue weighted by Gasteiger charge is 2.18. The zero-order chi connectivity index (χ0) is 12.1. The number of aliphatic hydroxyl groups excluding tert-OH is 1. The van der Waals surface area contributed by atoms with Gasteiger partial charge in [-0.25, -0.2) is 4.39 Å². The molecule has 0 aliphatic carbocycles. The predicted molar refractivity (Wildman–Crippen MR) is 59.7 cm³/mol. The molecule has 0 unspecified atom stereocenters. The van der Waals surface area contributed by atoms with Crippen LogP contribution in [0.5, 0.6) is 0 Å². The highest BCUT2D eigenvalue weighted by molar-refractivity contribution is 5.94. The number of halogens is 1. The number of carbonyl (C=O) groups is 1. The molecule has 0 atom stereocenters. The summed E-state index contributed by atoms with van der Waals surface area (Å²) in [5.41, 5.74) is 0.308. The van der Waals surface area contributed by atoms with E-state index in [9.17, 15) is 9.18 Å². The molecule has 0 spiro atoms. The molecule has 16 heavy (non-hydrogen) atoms. The van der Waals surface area contributed by atoms with Crippen LogP contribution in [0.2, 0.25) is 0 Å². The summed E-state index contributed by atoms with van der Waals surface area (Å²) in [7, 11) is 0. The van der Waals surface area contributed by atoms with Gasteiger partial charge in [0.25, 0.3) is 5.91 Å². The standard InChI is InChI=1S/C12H16FNO2/c1-9(2)14(6-7-15)12(16)10-4-3-5-11(13)8-10/h3-5,8-9,15H,6-7H2,1-2H3. The monoisotopic (exact) mass is 225 g/mol. The Hall–Kier alpha value is -1.42. The average Bonchev–Trinajstić information content (AvgIpc) is 2.24. The van der Waals surface area contributed by atoms with Gasteiger partial charge in [-0.2, -0.15) is 0 Å². The second-order valence-corrected chi connectivity index (χ2v) is 3.83. The molecule has 4 heteroatoms. The molecule has 1 amide bonds. The molecule has 0 bridgehead atoms. The van der Waals surface area contributed by atoms with Crippen molar-refractivity contribution in [2.75, 3.05) is 13.2 Å². The summed E-state index contributed by atoms with van der Waals surface area (Å²) in [5, 5.41) is 8.87. The summed E-state index contributed by atoms with van der Waals surface area (Å²) in [4.78, 5) is 13.5. The number of hydrogen-bond donors (Lipinski definition) is 1. The Morgan fingerprint density at radius 1 is 1.50 bits per heavy atom. The van der Waals surface area contributed by atoms with Crippen molar-refractivity contribution in [3.05, 3.63) is 35.6 Å². The Balaban J connectivity index is 2.90. The molecular weight excluding hydrogens is 209 g/mol. The van der Waals surface area contributed by atoms with Crippen LogP contribution in [0.15, 0.2) is 24.3 Å². The maximum atomic E-state index is 13.0. The smallest absolute Gasteiger partial charge is 0.254 e. The van der Waals surface area contributed by atoms with Crippen LogP contribution < -0.4 is 0 Å². The molecule has 0 aliphatic heterocycles. The van der Waals surface area contributed by atoms with Gasteiger partial charge in [-0.1, -0.05) is 6.07 Å². The fourth-order valence-electron chi connectivity index (χ4n) is 1.49. The summed E-state index contributed by atoms with van der Waals surface area (Å²) in [6.07, 6.45) is 0. The topological polar surface area (TPSA) is 40.5 Å². The van der Waals surface area contributed by atoms with Crippen molar-refractivity contribution in [1.82, 2.24) is 4.90 Å². The van der Waals surface area contributed by atoms with Gasteiger partial charge in [0.1, 0.15) is 5.82 Å². The van der Waals surface area contributed by atoms with Crippen molar-refractivity contribution in [2.45, 2.75) is 19.9 Å². The van der Waals surface area contributed by atoms with E-state index in [0.717, 1.165) is 0 Å². The predicted octanol–water partition coefficient (Wildman–Crippen LogP) is 1.67. The number of carbonyl (C=O) groups excluding carboxylic acids is 1. The van der Waals surface area contributed by atoms with Crippen LogP contribution in [0.3, 0.4) is 0 Å². The second-order valence-electron chi connectivity index (χ2n) is 3.83. The van der Waals surface area contributed by atoms with E-state index in [4.69, 9.17) is 5.11 Å². The lowest BCUT2D eigenvalue weighted by Gasteiger charge is -2.25. The highest BCUT2D eigenvalue weighted by Crippen LogP contribution is 2.09.